The third kappa shape index (κ3) is 2.49. The van der Waals surface area contributed by atoms with Gasteiger partial charge in [-0.1, -0.05) is 38.1 Å². The molecule has 0 spiro atoms. The van der Waals surface area contributed by atoms with Crippen molar-refractivity contribution in [2.75, 3.05) is 0 Å². The zero-order valence-corrected chi connectivity index (χ0v) is 14.5. The third-order valence-corrected chi connectivity index (χ3v) is 4.48. The van der Waals surface area contributed by atoms with Crippen molar-refractivity contribution in [3.63, 3.8) is 0 Å². The van der Waals surface area contributed by atoms with Gasteiger partial charge in [0, 0.05) is 12.0 Å². The highest BCUT2D eigenvalue weighted by Gasteiger charge is 2.18. The van der Waals surface area contributed by atoms with E-state index >= 15 is 0 Å². The number of nitrogens with zero attached hydrogens (tertiary/aromatic N) is 2. The number of aromatic hydroxyl groups is 2. The van der Waals surface area contributed by atoms with E-state index in [1.165, 1.54) is 16.7 Å². The van der Waals surface area contributed by atoms with Crippen LogP contribution in [0.5, 0.6) is 11.5 Å². The van der Waals surface area contributed by atoms with Crippen LogP contribution in [0, 0.1) is 0 Å². The van der Waals surface area contributed by atoms with Gasteiger partial charge >= 0.3 is 0 Å². The molecule has 0 fully saturated rings. The zero-order chi connectivity index (χ0) is 18.4. The smallest absolute Gasteiger partial charge is 0.266 e. The Kier molecular flexibility index (Phi) is 3.65. The summed E-state index contributed by atoms with van der Waals surface area (Å²) in [7, 11) is 0. The van der Waals surface area contributed by atoms with Crippen LogP contribution < -0.4 is 5.56 Å². The van der Waals surface area contributed by atoms with Crippen LogP contribution in [-0.4, -0.2) is 19.8 Å². The van der Waals surface area contributed by atoms with E-state index in [-0.39, 0.29) is 23.0 Å². The fraction of sp³-hybridized carbons (Fsp3) is 0.143. The zero-order valence-electron chi connectivity index (χ0n) is 14.5. The number of rotatable bonds is 2. The van der Waals surface area contributed by atoms with Crippen LogP contribution in [-0.2, 0) is 0 Å². The van der Waals surface area contributed by atoms with Gasteiger partial charge in [0.2, 0.25) is 0 Å². The molecule has 3 aromatic carbocycles. The Hall–Kier alpha value is -3.34. The summed E-state index contributed by atoms with van der Waals surface area (Å²) in [5.74, 6) is 0.553. The number of phenolic OH excluding ortho intramolecular Hbond substituents is 2. The summed E-state index contributed by atoms with van der Waals surface area (Å²) in [6, 6.07) is 15.6. The van der Waals surface area contributed by atoms with Crippen molar-refractivity contribution >= 4 is 21.7 Å². The molecule has 0 amide bonds. The summed E-state index contributed by atoms with van der Waals surface area (Å²) in [6.45, 7) is 3.87. The van der Waals surface area contributed by atoms with Gasteiger partial charge < -0.3 is 10.2 Å². The van der Waals surface area contributed by atoms with E-state index < -0.39 is 0 Å². The van der Waals surface area contributed by atoms with E-state index in [0.29, 0.717) is 22.4 Å². The van der Waals surface area contributed by atoms with Gasteiger partial charge in [-0.05, 0) is 35.0 Å². The molecule has 26 heavy (non-hydrogen) atoms. The molecule has 0 aliphatic heterocycles. The molecule has 5 nitrogen and oxygen atoms in total. The van der Waals surface area contributed by atoms with Gasteiger partial charge in [0.25, 0.3) is 5.56 Å². The fourth-order valence-electron chi connectivity index (χ4n) is 3.21. The lowest BCUT2D eigenvalue weighted by atomic mass is 10.1. The molecule has 1 aromatic heterocycles. The predicted octanol–water partition coefficient (Wildman–Crippen LogP) is 4.07. The molecule has 0 bridgehead atoms. The van der Waals surface area contributed by atoms with E-state index in [0.717, 1.165) is 10.8 Å². The van der Waals surface area contributed by atoms with E-state index in [4.69, 9.17) is 0 Å². The number of benzene rings is 3. The molecule has 0 unspecified atom stereocenters. The maximum Gasteiger partial charge on any atom is 0.266 e. The minimum absolute atomic E-state index is 0.0210. The minimum Gasteiger partial charge on any atom is -0.508 e. The van der Waals surface area contributed by atoms with Crippen LogP contribution in [0.4, 0.5) is 0 Å². The number of aromatic nitrogens is 2. The number of fused-ring (bicyclic) bond motifs is 2. The van der Waals surface area contributed by atoms with E-state index in [1.807, 2.05) is 38.1 Å². The highest BCUT2D eigenvalue weighted by Crippen LogP contribution is 2.30. The summed E-state index contributed by atoms with van der Waals surface area (Å²) in [5.41, 5.74) is 0.569. The molecular formula is C21H18N2O3. The molecule has 0 radical (unpaired) electrons. The van der Waals surface area contributed by atoms with Gasteiger partial charge in [-0.15, -0.1) is 0 Å². The summed E-state index contributed by atoms with van der Waals surface area (Å²) in [6.07, 6.45) is 0. The van der Waals surface area contributed by atoms with Gasteiger partial charge in [-0.25, -0.2) is 4.98 Å². The molecule has 4 rings (SSSR count). The van der Waals surface area contributed by atoms with Crippen molar-refractivity contribution in [3.8, 4) is 17.2 Å². The molecule has 4 aromatic rings. The maximum atomic E-state index is 13.2. The molecule has 5 heteroatoms. The Balaban J connectivity index is 2.12. The second-order valence-electron chi connectivity index (χ2n) is 6.65. The van der Waals surface area contributed by atoms with Crippen LogP contribution in [0.3, 0.4) is 0 Å². The van der Waals surface area contributed by atoms with Crippen molar-refractivity contribution in [1.29, 1.82) is 0 Å². The highest BCUT2D eigenvalue weighted by molar-refractivity contribution is 5.87. The van der Waals surface area contributed by atoms with E-state index in [1.54, 1.807) is 18.2 Å². The van der Waals surface area contributed by atoms with Crippen molar-refractivity contribution < 1.29 is 10.2 Å². The molecule has 0 saturated heterocycles. The van der Waals surface area contributed by atoms with Crippen LogP contribution >= 0.6 is 0 Å². The summed E-state index contributed by atoms with van der Waals surface area (Å²) in [4.78, 5) is 17.8. The monoisotopic (exact) mass is 346 g/mol. The summed E-state index contributed by atoms with van der Waals surface area (Å²) in [5, 5.41) is 22.5. The molecule has 2 N–H and O–H groups in total. The SMILES string of the molecule is CC(C)c1nc2cc(O)ccc2c(=O)n1-c1cc2ccccc2cc1O. The second kappa shape index (κ2) is 5.88. The largest absolute Gasteiger partial charge is 0.508 e. The van der Waals surface area contributed by atoms with Gasteiger partial charge in [0.1, 0.15) is 17.3 Å². The molecule has 130 valence electrons. The van der Waals surface area contributed by atoms with Crippen LogP contribution in [0.1, 0.15) is 25.6 Å². The normalized spacial score (nSPS) is 11.5. The lowest BCUT2D eigenvalue weighted by molar-refractivity contribution is 0.471. The highest BCUT2D eigenvalue weighted by atomic mass is 16.3. The Morgan fingerprint density at radius 1 is 0.962 bits per heavy atom. The summed E-state index contributed by atoms with van der Waals surface area (Å²) < 4.78 is 1.46. The molecule has 0 saturated carbocycles. The lowest BCUT2D eigenvalue weighted by Crippen LogP contribution is -2.24. The first-order valence-electron chi connectivity index (χ1n) is 8.43. The predicted molar refractivity (Wildman–Crippen MR) is 102 cm³/mol. The Morgan fingerprint density at radius 3 is 2.35 bits per heavy atom. The van der Waals surface area contributed by atoms with Gasteiger partial charge in [0.05, 0.1) is 16.6 Å². The molecule has 1 heterocycles. The Morgan fingerprint density at radius 2 is 1.65 bits per heavy atom. The average molecular weight is 346 g/mol. The van der Waals surface area contributed by atoms with E-state index in [9.17, 15) is 15.0 Å². The third-order valence-electron chi connectivity index (χ3n) is 4.48. The van der Waals surface area contributed by atoms with Gasteiger partial charge in [-0.2, -0.15) is 0 Å². The number of hydrogen-bond acceptors (Lipinski definition) is 4. The van der Waals surface area contributed by atoms with Crippen LogP contribution in [0.2, 0.25) is 0 Å². The topological polar surface area (TPSA) is 75.4 Å². The van der Waals surface area contributed by atoms with Crippen LogP contribution in [0.25, 0.3) is 27.4 Å². The first-order valence-corrected chi connectivity index (χ1v) is 8.43. The number of hydrogen-bond donors (Lipinski definition) is 2. The standard InChI is InChI=1S/C21H18N2O3/c1-12(2)20-22-17-11-15(24)7-8-16(17)21(26)23(20)18-9-13-5-3-4-6-14(13)10-19(18)25/h3-12,24-25H,1-2H3. The van der Waals surface area contributed by atoms with Crippen molar-refractivity contribution in [2.24, 2.45) is 0 Å². The Bertz CT molecular complexity index is 1210. The molecule has 0 atom stereocenters. The van der Waals surface area contributed by atoms with Crippen molar-refractivity contribution in [3.05, 3.63) is 70.8 Å². The van der Waals surface area contributed by atoms with Gasteiger partial charge in [-0.3, -0.25) is 9.36 Å². The first-order chi connectivity index (χ1) is 12.5. The van der Waals surface area contributed by atoms with Crippen LogP contribution in [0.15, 0.2) is 59.4 Å². The fourth-order valence-corrected chi connectivity index (χ4v) is 3.21. The summed E-state index contributed by atoms with van der Waals surface area (Å²) >= 11 is 0. The average Bonchev–Trinajstić information content (AvgIpc) is 2.61. The maximum absolute atomic E-state index is 13.2. The molecule has 0 aliphatic rings. The first kappa shape index (κ1) is 16.1. The van der Waals surface area contributed by atoms with E-state index in [2.05, 4.69) is 4.98 Å². The van der Waals surface area contributed by atoms with Crippen molar-refractivity contribution in [1.82, 2.24) is 9.55 Å². The van der Waals surface area contributed by atoms with Gasteiger partial charge in [0.15, 0.2) is 0 Å². The second-order valence-corrected chi connectivity index (χ2v) is 6.65. The minimum atomic E-state index is -0.274. The molecular weight excluding hydrogens is 328 g/mol. The quantitative estimate of drug-likeness (QED) is 0.574. The number of phenols is 2. The molecule has 0 aliphatic carbocycles. The van der Waals surface area contributed by atoms with Crippen molar-refractivity contribution in [2.45, 2.75) is 19.8 Å². The Labute approximate surface area is 149 Å². The lowest BCUT2D eigenvalue weighted by Gasteiger charge is -2.17.